The highest BCUT2D eigenvalue weighted by Gasteiger charge is 2.08. The molecule has 0 saturated carbocycles. The third kappa shape index (κ3) is 25.6. The van der Waals surface area contributed by atoms with Crippen molar-refractivity contribution in [3.8, 4) is 11.5 Å². The Kier molecular flexibility index (Phi) is 30.5. The second kappa shape index (κ2) is 34.4. The van der Waals surface area contributed by atoms with Crippen LogP contribution < -0.4 is 9.47 Å². The lowest BCUT2D eigenvalue weighted by molar-refractivity contribution is 0.258. The first kappa shape index (κ1) is 47.0. The summed E-state index contributed by atoms with van der Waals surface area (Å²) in [5, 5.41) is 0. The van der Waals surface area contributed by atoms with Gasteiger partial charge in [0.2, 0.25) is 0 Å². The number of hydrogen-bond acceptors (Lipinski definition) is 3. The first-order valence-electron chi connectivity index (χ1n) is 22.9. The van der Waals surface area contributed by atoms with E-state index in [-0.39, 0.29) is 0 Å². The topological polar surface area (TPSA) is 18.5 Å². The molecule has 0 saturated heterocycles. The van der Waals surface area contributed by atoms with Gasteiger partial charge in [0, 0.05) is 4.86 Å². The Morgan fingerprint density at radius 3 is 1.26 bits per heavy atom. The van der Waals surface area contributed by atoms with E-state index in [1.54, 1.807) is 0 Å². The lowest BCUT2D eigenvalue weighted by Crippen LogP contribution is -2.03. The summed E-state index contributed by atoms with van der Waals surface area (Å²) >= 11 is 5.76. The predicted molar refractivity (Wildman–Crippen MR) is 239 cm³/mol. The Bertz CT molecular complexity index is 1150. The fourth-order valence-corrected chi connectivity index (χ4v) is 7.41. The molecular weight excluding hydrogens is 665 g/mol. The maximum atomic E-state index is 6.40. The van der Waals surface area contributed by atoms with Crippen LogP contribution in [-0.4, -0.2) is 18.1 Å². The molecule has 0 aliphatic heterocycles. The molecule has 0 fully saturated rings. The fraction of sp³-hybridized carbons (Fsp3) is 0.700. The minimum atomic E-state index is 0.739. The minimum Gasteiger partial charge on any atom is -0.490 e. The standard InChI is InChI=1S/C50H82O2S/c1-4-7-9-11-13-15-17-19-21-23-25-27-29-31-42-51-48-40-36-46(37-41-50(53)47-38-34-45(33-6-3)35-39-47)44-49(48)52-43-32-30-28-26-24-22-20-18-16-14-12-10-8-5-2/h34-41,44H,4-33,42-43H2,1-3H3. The van der Waals surface area contributed by atoms with Crippen LogP contribution in [0.2, 0.25) is 0 Å². The van der Waals surface area contributed by atoms with Crippen LogP contribution in [0.15, 0.2) is 48.5 Å². The van der Waals surface area contributed by atoms with E-state index in [0.29, 0.717) is 0 Å². The number of rotatable bonds is 37. The molecule has 0 spiro atoms. The van der Waals surface area contributed by atoms with Crippen molar-refractivity contribution in [1.82, 2.24) is 0 Å². The summed E-state index contributed by atoms with van der Waals surface area (Å²) in [5.41, 5.74) is 3.56. The molecule has 0 radical (unpaired) electrons. The Morgan fingerprint density at radius 2 is 0.849 bits per heavy atom. The van der Waals surface area contributed by atoms with Crippen LogP contribution in [0.4, 0.5) is 0 Å². The third-order valence-electron chi connectivity index (χ3n) is 10.7. The van der Waals surface area contributed by atoms with Gasteiger partial charge < -0.3 is 9.47 Å². The van der Waals surface area contributed by atoms with Crippen molar-refractivity contribution in [1.29, 1.82) is 0 Å². The third-order valence-corrected chi connectivity index (χ3v) is 11.1. The summed E-state index contributed by atoms with van der Waals surface area (Å²) in [6, 6.07) is 15.1. The molecular formula is C50H82O2S. The number of unbranched alkanes of at least 4 members (excludes halogenated alkanes) is 26. The molecule has 0 aliphatic carbocycles. The summed E-state index contributed by atoms with van der Waals surface area (Å²) in [4.78, 5) is 0.857. The summed E-state index contributed by atoms with van der Waals surface area (Å²) in [6.07, 6.45) is 44.7. The van der Waals surface area contributed by atoms with E-state index in [0.717, 1.165) is 66.4 Å². The zero-order valence-corrected chi connectivity index (χ0v) is 35.9. The highest BCUT2D eigenvalue weighted by Crippen LogP contribution is 2.30. The van der Waals surface area contributed by atoms with Crippen LogP contribution in [-0.2, 0) is 6.42 Å². The highest BCUT2D eigenvalue weighted by molar-refractivity contribution is 7.81. The van der Waals surface area contributed by atoms with Gasteiger partial charge in [-0.05, 0) is 54.2 Å². The quantitative estimate of drug-likeness (QED) is 0.0297. The van der Waals surface area contributed by atoms with Crippen LogP contribution in [0.5, 0.6) is 11.5 Å². The molecule has 0 bridgehead atoms. The number of ether oxygens (including phenoxy) is 2. The maximum Gasteiger partial charge on any atom is 0.161 e. The van der Waals surface area contributed by atoms with E-state index in [2.05, 4.69) is 69.3 Å². The van der Waals surface area contributed by atoms with Gasteiger partial charge in [0.15, 0.2) is 11.5 Å². The molecule has 0 N–H and O–H groups in total. The predicted octanol–water partition coefficient (Wildman–Crippen LogP) is 16.8. The summed E-state index contributed by atoms with van der Waals surface area (Å²) in [6.45, 7) is 8.30. The SMILES string of the molecule is CCCCCCCCCCCCCCCCOc1ccc(C=CC(=S)c2ccc(CCC)cc2)cc1OCCCCCCCCCCCCCCCC. The minimum absolute atomic E-state index is 0.739. The lowest BCUT2D eigenvalue weighted by atomic mass is 10.0. The second-order valence-electron chi connectivity index (χ2n) is 15.7. The van der Waals surface area contributed by atoms with Gasteiger partial charge in [-0.2, -0.15) is 0 Å². The van der Waals surface area contributed by atoms with E-state index in [9.17, 15) is 0 Å². The first-order valence-corrected chi connectivity index (χ1v) is 23.3. The number of benzene rings is 2. The second-order valence-corrected chi connectivity index (χ2v) is 16.2. The van der Waals surface area contributed by atoms with E-state index in [4.69, 9.17) is 21.7 Å². The van der Waals surface area contributed by atoms with Crippen molar-refractivity contribution < 1.29 is 9.47 Å². The zero-order valence-electron chi connectivity index (χ0n) is 35.0. The zero-order chi connectivity index (χ0) is 37.9. The van der Waals surface area contributed by atoms with Crippen LogP contribution in [0.3, 0.4) is 0 Å². The molecule has 0 aliphatic rings. The first-order chi connectivity index (χ1) is 26.2. The van der Waals surface area contributed by atoms with Gasteiger partial charge in [0.1, 0.15) is 0 Å². The number of thiocarbonyl (C=S) groups is 1. The largest absolute Gasteiger partial charge is 0.490 e. The van der Waals surface area contributed by atoms with Gasteiger partial charge >= 0.3 is 0 Å². The molecule has 2 rings (SSSR count). The van der Waals surface area contributed by atoms with Crippen molar-refractivity contribution in [3.63, 3.8) is 0 Å². The van der Waals surface area contributed by atoms with Gasteiger partial charge in [-0.25, -0.2) is 0 Å². The summed E-state index contributed by atoms with van der Waals surface area (Å²) in [7, 11) is 0. The van der Waals surface area contributed by atoms with Crippen molar-refractivity contribution in [3.05, 3.63) is 65.2 Å². The average Bonchev–Trinajstić information content (AvgIpc) is 3.17. The Morgan fingerprint density at radius 1 is 0.453 bits per heavy atom. The fourth-order valence-electron chi connectivity index (χ4n) is 7.21. The van der Waals surface area contributed by atoms with Gasteiger partial charge in [-0.3, -0.25) is 0 Å². The van der Waals surface area contributed by atoms with Crippen molar-refractivity contribution in [2.45, 2.75) is 213 Å². The van der Waals surface area contributed by atoms with E-state index < -0.39 is 0 Å². The highest BCUT2D eigenvalue weighted by atomic mass is 32.1. The molecule has 53 heavy (non-hydrogen) atoms. The van der Waals surface area contributed by atoms with E-state index in [1.165, 1.54) is 173 Å². The van der Waals surface area contributed by atoms with Crippen molar-refractivity contribution in [2.75, 3.05) is 13.2 Å². The van der Waals surface area contributed by atoms with Crippen molar-refractivity contribution in [2.24, 2.45) is 0 Å². The van der Waals surface area contributed by atoms with Gasteiger partial charge in [-0.15, -0.1) is 0 Å². The van der Waals surface area contributed by atoms with Crippen LogP contribution in [0.25, 0.3) is 6.08 Å². The van der Waals surface area contributed by atoms with Crippen LogP contribution >= 0.6 is 12.2 Å². The monoisotopic (exact) mass is 747 g/mol. The van der Waals surface area contributed by atoms with Crippen LogP contribution in [0, 0.1) is 0 Å². The number of aryl methyl sites for hydroxylation is 1. The molecule has 0 aromatic heterocycles. The summed E-state index contributed by atoms with van der Waals surface area (Å²) < 4.78 is 12.7. The Hall–Kier alpha value is -2.13. The molecule has 0 amide bonds. The lowest BCUT2D eigenvalue weighted by Gasteiger charge is -2.14. The molecule has 0 atom stereocenters. The van der Waals surface area contributed by atoms with E-state index in [1.807, 2.05) is 6.08 Å². The summed E-state index contributed by atoms with van der Waals surface area (Å²) in [5.74, 6) is 1.73. The molecule has 0 unspecified atom stereocenters. The Labute approximate surface area is 334 Å². The Balaban J connectivity index is 1.72. The van der Waals surface area contributed by atoms with Crippen LogP contribution in [0.1, 0.15) is 224 Å². The van der Waals surface area contributed by atoms with Gasteiger partial charge in [0.25, 0.3) is 0 Å². The molecule has 3 heteroatoms. The molecule has 300 valence electrons. The van der Waals surface area contributed by atoms with Gasteiger partial charge in [-0.1, -0.05) is 243 Å². The average molecular weight is 747 g/mol. The normalized spacial score (nSPS) is 11.5. The molecule has 0 heterocycles. The molecule has 2 aromatic carbocycles. The van der Waals surface area contributed by atoms with Gasteiger partial charge in [0.05, 0.1) is 13.2 Å². The smallest absolute Gasteiger partial charge is 0.161 e. The number of allylic oxidation sites excluding steroid dienone is 1. The molecule has 2 nitrogen and oxygen atoms in total. The van der Waals surface area contributed by atoms with Crippen molar-refractivity contribution >= 4 is 23.2 Å². The van der Waals surface area contributed by atoms with E-state index >= 15 is 0 Å². The number of hydrogen-bond donors (Lipinski definition) is 0. The maximum absolute atomic E-state index is 6.40. The molecule has 2 aromatic rings.